The van der Waals surface area contributed by atoms with Crippen LogP contribution in [0.5, 0.6) is 0 Å². The summed E-state index contributed by atoms with van der Waals surface area (Å²) in [5.41, 5.74) is -0.180. The third-order valence-corrected chi connectivity index (χ3v) is 4.65. The first-order chi connectivity index (χ1) is 9.77. The van der Waals surface area contributed by atoms with Crippen molar-refractivity contribution in [3.05, 3.63) is 34.1 Å². The Hall–Kier alpha value is -1.74. The summed E-state index contributed by atoms with van der Waals surface area (Å²) >= 11 is 0. The Kier molecular flexibility index (Phi) is 4.43. The van der Waals surface area contributed by atoms with Crippen molar-refractivity contribution in [1.29, 1.82) is 0 Å². The van der Waals surface area contributed by atoms with Crippen molar-refractivity contribution >= 4 is 21.4 Å². The summed E-state index contributed by atoms with van der Waals surface area (Å²) in [7, 11) is -3.27. The monoisotopic (exact) mass is 317 g/mol. The average molecular weight is 317 g/mol. The highest BCUT2D eigenvalue weighted by Crippen LogP contribution is 2.23. The SMILES string of the molecule is CS(=O)(=O)N1CCCC(Nc2ccc([N+](=O)[O-])cc2F)C1. The fourth-order valence-corrected chi connectivity index (χ4v) is 3.23. The highest BCUT2D eigenvalue weighted by molar-refractivity contribution is 7.88. The Morgan fingerprint density at radius 1 is 1.48 bits per heavy atom. The fourth-order valence-electron chi connectivity index (χ4n) is 2.32. The normalized spacial score (nSPS) is 20.2. The number of anilines is 1. The summed E-state index contributed by atoms with van der Waals surface area (Å²) in [6, 6.07) is 3.14. The molecule has 1 atom stereocenters. The minimum atomic E-state index is -3.27. The van der Waals surface area contributed by atoms with E-state index in [2.05, 4.69) is 5.32 Å². The van der Waals surface area contributed by atoms with E-state index in [1.807, 2.05) is 0 Å². The Balaban J connectivity index is 2.09. The molecule has 0 aliphatic carbocycles. The fraction of sp³-hybridized carbons (Fsp3) is 0.500. The summed E-state index contributed by atoms with van der Waals surface area (Å²) in [6.45, 7) is 0.717. The largest absolute Gasteiger partial charge is 0.379 e. The maximum Gasteiger partial charge on any atom is 0.272 e. The van der Waals surface area contributed by atoms with Gasteiger partial charge in [0, 0.05) is 25.2 Å². The van der Waals surface area contributed by atoms with Gasteiger partial charge in [-0.05, 0) is 18.9 Å². The van der Waals surface area contributed by atoms with Crippen molar-refractivity contribution in [2.75, 3.05) is 24.7 Å². The van der Waals surface area contributed by atoms with Gasteiger partial charge in [-0.25, -0.2) is 17.1 Å². The summed E-state index contributed by atoms with van der Waals surface area (Å²) in [5.74, 6) is -0.722. The third kappa shape index (κ3) is 3.88. The number of nitrogens with zero attached hydrogens (tertiary/aromatic N) is 2. The minimum absolute atomic E-state index is 0.140. The number of hydrogen-bond acceptors (Lipinski definition) is 5. The van der Waals surface area contributed by atoms with Gasteiger partial charge in [0.15, 0.2) is 5.82 Å². The van der Waals surface area contributed by atoms with Gasteiger partial charge >= 0.3 is 0 Å². The number of nitro benzene ring substituents is 1. The molecule has 116 valence electrons. The molecule has 7 nitrogen and oxygen atoms in total. The molecule has 1 fully saturated rings. The highest BCUT2D eigenvalue weighted by Gasteiger charge is 2.26. The zero-order valence-electron chi connectivity index (χ0n) is 11.5. The van der Waals surface area contributed by atoms with Crippen LogP contribution in [-0.2, 0) is 10.0 Å². The molecule has 0 bridgehead atoms. The molecule has 1 aliphatic rings. The zero-order chi connectivity index (χ0) is 15.6. The average Bonchev–Trinajstić information content (AvgIpc) is 2.40. The van der Waals surface area contributed by atoms with Crippen molar-refractivity contribution in [3.63, 3.8) is 0 Å². The van der Waals surface area contributed by atoms with Crippen LogP contribution in [0.15, 0.2) is 18.2 Å². The topological polar surface area (TPSA) is 92.6 Å². The van der Waals surface area contributed by atoms with Gasteiger partial charge in [-0.2, -0.15) is 0 Å². The summed E-state index contributed by atoms with van der Waals surface area (Å²) in [5, 5.41) is 13.5. The van der Waals surface area contributed by atoms with Crippen molar-refractivity contribution in [3.8, 4) is 0 Å². The quantitative estimate of drug-likeness (QED) is 0.672. The van der Waals surface area contributed by atoms with Crippen LogP contribution < -0.4 is 5.32 Å². The number of nitro groups is 1. The number of halogens is 1. The van der Waals surface area contributed by atoms with E-state index >= 15 is 0 Å². The van der Waals surface area contributed by atoms with Crippen molar-refractivity contribution in [2.45, 2.75) is 18.9 Å². The Morgan fingerprint density at radius 3 is 2.76 bits per heavy atom. The number of sulfonamides is 1. The van der Waals surface area contributed by atoms with Crippen molar-refractivity contribution < 1.29 is 17.7 Å². The lowest BCUT2D eigenvalue weighted by molar-refractivity contribution is -0.385. The molecule has 0 amide bonds. The number of nitrogens with one attached hydrogen (secondary N) is 1. The van der Waals surface area contributed by atoms with E-state index in [9.17, 15) is 22.9 Å². The molecule has 21 heavy (non-hydrogen) atoms. The minimum Gasteiger partial charge on any atom is -0.379 e. The van der Waals surface area contributed by atoms with Gasteiger partial charge in [0.25, 0.3) is 5.69 Å². The Morgan fingerprint density at radius 2 is 2.19 bits per heavy atom. The van der Waals surface area contributed by atoms with E-state index in [-0.39, 0.29) is 24.0 Å². The predicted molar refractivity (Wildman–Crippen MR) is 76.1 cm³/mol. The van der Waals surface area contributed by atoms with Gasteiger partial charge in [0.05, 0.1) is 22.9 Å². The van der Waals surface area contributed by atoms with Gasteiger partial charge in [-0.1, -0.05) is 0 Å². The van der Waals surface area contributed by atoms with Crippen LogP contribution in [0.4, 0.5) is 15.8 Å². The molecule has 1 unspecified atom stereocenters. The third-order valence-electron chi connectivity index (χ3n) is 3.38. The molecule has 0 spiro atoms. The molecule has 1 aromatic rings. The van der Waals surface area contributed by atoms with Crippen LogP contribution in [0, 0.1) is 15.9 Å². The summed E-state index contributed by atoms with van der Waals surface area (Å²) in [4.78, 5) is 9.89. The lowest BCUT2D eigenvalue weighted by atomic mass is 10.1. The molecule has 1 heterocycles. The lowest BCUT2D eigenvalue weighted by Crippen LogP contribution is -2.44. The van der Waals surface area contributed by atoms with E-state index in [4.69, 9.17) is 0 Å². The molecule has 0 radical (unpaired) electrons. The van der Waals surface area contributed by atoms with Crippen LogP contribution in [0.25, 0.3) is 0 Å². The molecular formula is C12H16FN3O4S. The van der Waals surface area contributed by atoms with E-state index in [0.717, 1.165) is 12.3 Å². The maximum absolute atomic E-state index is 13.8. The number of benzene rings is 1. The van der Waals surface area contributed by atoms with E-state index in [0.29, 0.717) is 19.4 Å². The standard InChI is InChI=1S/C12H16FN3O4S/c1-21(19,20)15-6-2-3-9(8-15)14-12-5-4-10(16(17)18)7-11(12)13/h4-5,7,9,14H,2-3,6,8H2,1H3. The van der Waals surface area contributed by atoms with Crippen LogP contribution in [0.2, 0.25) is 0 Å². The molecule has 0 aromatic heterocycles. The molecule has 1 aliphatic heterocycles. The van der Waals surface area contributed by atoms with Crippen LogP contribution >= 0.6 is 0 Å². The smallest absolute Gasteiger partial charge is 0.272 e. The van der Waals surface area contributed by atoms with Crippen LogP contribution in [0.1, 0.15) is 12.8 Å². The van der Waals surface area contributed by atoms with Gasteiger partial charge in [0.2, 0.25) is 10.0 Å². The maximum atomic E-state index is 13.8. The van der Waals surface area contributed by atoms with Crippen molar-refractivity contribution in [1.82, 2.24) is 4.31 Å². The second kappa shape index (κ2) is 5.94. The first-order valence-electron chi connectivity index (χ1n) is 6.43. The predicted octanol–water partition coefficient (Wildman–Crippen LogP) is 1.57. The highest BCUT2D eigenvalue weighted by atomic mass is 32.2. The number of rotatable bonds is 4. The molecule has 9 heteroatoms. The first-order valence-corrected chi connectivity index (χ1v) is 8.28. The molecule has 1 aromatic carbocycles. The van der Waals surface area contributed by atoms with Crippen LogP contribution in [-0.4, -0.2) is 43.0 Å². The molecular weight excluding hydrogens is 301 g/mol. The zero-order valence-corrected chi connectivity index (χ0v) is 12.3. The number of non-ortho nitro benzene ring substituents is 1. The van der Waals surface area contributed by atoms with Gasteiger partial charge in [0.1, 0.15) is 0 Å². The summed E-state index contributed by atoms with van der Waals surface area (Å²) < 4.78 is 38.2. The molecule has 2 rings (SSSR count). The molecule has 1 saturated heterocycles. The number of hydrogen-bond donors (Lipinski definition) is 1. The Labute approximate surface area is 122 Å². The second-order valence-corrected chi connectivity index (χ2v) is 7.01. The van der Waals surface area contributed by atoms with Crippen LogP contribution in [0.3, 0.4) is 0 Å². The van der Waals surface area contributed by atoms with Crippen molar-refractivity contribution in [2.24, 2.45) is 0 Å². The second-order valence-electron chi connectivity index (χ2n) is 5.03. The lowest BCUT2D eigenvalue weighted by Gasteiger charge is -2.32. The van der Waals surface area contributed by atoms with Gasteiger partial charge in [-0.3, -0.25) is 10.1 Å². The van der Waals surface area contributed by atoms with E-state index in [1.54, 1.807) is 0 Å². The molecule has 1 N–H and O–H groups in total. The Bertz CT molecular complexity index is 650. The van der Waals surface area contributed by atoms with E-state index in [1.165, 1.54) is 16.4 Å². The van der Waals surface area contributed by atoms with Gasteiger partial charge in [-0.15, -0.1) is 0 Å². The van der Waals surface area contributed by atoms with E-state index < -0.39 is 20.8 Å². The first kappa shape index (κ1) is 15.6. The number of piperidine rings is 1. The van der Waals surface area contributed by atoms with Gasteiger partial charge < -0.3 is 5.32 Å². The summed E-state index contributed by atoms with van der Waals surface area (Å²) in [6.07, 6.45) is 2.53. The molecule has 0 saturated carbocycles.